The number of thiazole rings is 1. The average molecular weight is 457 g/mol. The summed E-state index contributed by atoms with van der Waals surface area (Å²) in [4.78, 5) is 17.0. The van der Waals surface area contributed by atoms with Gasteiger partial charge in [0, 0.05) is 17.0 Å². The molecule has 0 spiro atoms. The maximum Gasteiger partial charge on any atom is 0.250 e. The molecule has 1 N–H and O–H groups in total. The molecule has 0 aliphatic carbocycles. The number of nitrogens with one attached hydrogen (secondary N) is 1. The van der Waals surface area contributed by atoms with Crippen LogP contribution in [-0.4, -0.2) is 32.2 Å². The Labute approximate surface area is 186 Å². The summed E-state index contributed by atoms with van der Waals surface area (Å²) in [5, 5.41) is 5.12. The molecule has 162 valence electrons. The highest BCUT2D eigenvalue weighted by molar-refractivity contribution is 7.91. The van der Waals surface area contributed by atoms with E-state index in [1.54, 1.807) is 37.5 Å². The van der Waals surface area contributed by atoms with E-state index in [2.05, 4.69) is 10.3 Å². The Balaban J connectivity index is 1.60. The van der Waals surface area contributed by atoms with Crippen LogP contribution >= 0.6 is 11.3 Å². The van der Waals surface area contributed by atoms with Crippen molar-refractivity contribution in [1.29, 1.82) is 0 Å². The molecule has 31 heavy (non-hydrogen) atoms. The summed E-state index contributed by atoms with van der Waals surface area (Å²) in [6.45, 7) is 1.96. The van der Waals surface area contributed by atoms with E-state index in [4.69, 9.17) is 4.74 Å². The van der Waals surface area contributed by atoms with E-state index >= 15 is 0 Å². The summed E-state index contributed by atoms with van der Waals surface area (Å²) >= 11 is 1.34. The minimum atomic E-state index is -3.25. The second-order valence-corrected chi connectivity index (χ2v) is 9.80. The van der Waals surface area contributed by atoms with Crippen molar-refractivity contribution in [3.05, 3.63) is 65.6 Å². The number of unbranched alkanes of at least 4 members (excludes halogenated alkanes) is 1. The third kappa shape index (κ3) is 6.26. The summed E-state index contributed by atoms with van der Waals surface area (Å²) in [5.41, 5.74) is 2.44. The van der Waals surface area contributed by atoms with Gasteiger partial charge in [-0.2, -0.15) is 0 Å². The number of carbonyl (C=O) groups excluding carboxylic acids is 1. The van der Waals surface area contributed by atoms with Gasteiger partial charge in [0.2, 0.25) is 5.91 Å². The molecular weight excluding hydrogens is 432 g/mol. The third-order valence-electron chi connectivity index (χ3n) is 4.55. The van der Waals surface area contributed by atoms with Crippen molar-refractivity contribution in [3.63, 3.8) is 0 Å². The van der Waals surface area contributed by atoms with E-state index in [9.17, 15) is 13.2 Å². The highest BCUT2D eigenvalue weighted by Crippen LogP contribution is 2.26. The van der Waals surface area contributed by atoms with Crippen LogP contribution < -0.4 is 10.1 Å². The maximum absolute atomic E-state index is 12.2. The summed E-state index contributed by atoms with van der Waals surface area (Å²) in [5.74, 6) is 0.604. The van der Waals surface area contributed by atoms with Crippen LogP contribution in [-0.2, 0) is 14.6 Å². The molecule has 1 aromatic heterocycles. The van der Waals surface area contributed by atoms with Gasteiger partial charge in [-0.15, -0.1) is 11.3 Å². The molecule has 0 saturated heterocycles. The molecule has 0 aliphatic heterocycles. The quantitative estimate of drug-likeness (QED) is 0.456. The highest BCUT2D eigenvalue weighted by Gasteiger charge is 2.13. The van der Waals surface area contributed by atoms with E-state index < -0.39 is 9.84 Å². The molecule has 0 unspecified atom stereocenters. The van der Waals surface area contributed by atoms with Gasteiger partial charge in [0.15, 0.2) is 15.0 Å². The third-order valence-corrected chi connectivity index (χ3v) is 7.13. The van der Waals surface area contributed by atoms with Crippen LogP contribution in [0.15, 0.2) is 64.9 Å². The van der Waals surface area contributed by atoms with E-state index in [-0.39, 0.29) is 11.7 Å². The summed E-state index contributed by atoms with van der Waals surface area (Å²) in [7, 11) is -1.64. The van der Waals surface area contributed by atoms with Gasteiger partial charge in [-0.25, -0.2) is 13.4 Å². The molecular formula is C23H24N2O4S2. The number of sulfone groups is 1. The van der Waals surface area contributed by atoms with Gasteiger partial charge in [0.1, 0.15) is 5.75 Å². The molecule has 3 aromatic rings. The standard InChI is InChI=1S/C23H24N2O4S2/c1-3-4-15-31(27,28)20-12-5-17(6-13-20)7-14-22(26)25-23-24-21(16-30-23)18-8-10-19(29-2)11-9-18/h5-14,16H,3-4,15H2,1-2H3,(H,24,25,26)/b14-7-. The predicted molar refractivity (Wildman–Crippen MR) is 125 cm³/mol. The van der Waals surface area contributed by atoms with Gasteiger partial charge in [0.25, 0.3) is 0 Å². The highest BCUT2D eigenvalue weighted by atomic mass is 32.2. The molecule has 0 bridgehead atoms. The van der Waals surface area contributed by atoms with Crippen molar-refractivity contribution in [2.24, 2.45) is 0 Å². The van der Waals surface area contributed by atoms with Crippen LogP contribution in [0.2, 0.25) is 0 Å². The molecule has 0 saturated carbocycles. The zero-order valence-electron chi connectivity index (χ0n) is 17.4. The zero-order chi connectivity index (χ0) is 22.3. The fourth-order valence-electron chi connectivity index (χ4n) is 2.78. The molecule has 0 radical (unpaired) electrons. The van der Waals surface area contributed by atoms with Crippen LogP contribution in [0.5, 0.6) is 5.75 Å². The predicted octanol–water partition coefficient (Wildman–Crippen LogP) is 5.04. The normalized spacial score (nSPS) is 11.5. The minimum absolute atomic E-state index is 0.146. The lowest BCUT2D eigenvalue weighted by atomic mass is 10.2. The lowest BCUT2D eigenvalue weighted by molar-refractivity contribution is -0.111. The summed E-state index contributed by atoms with van der Waals surface area (Å²) in [6.07, 6.45) is 4.50. The number of aromatic nitrogens is 1. The molecule has 1 heterocycles. The summed E-state index contributed by atoms with van der Waals surface area (Å²) in [6, 6.07) is 14.1. The SMILES string of the molecule is CCCCS(=O)(=O)c1ccc(/C=C\C(=O)Nc2nc(-c3ccc(OC)cc3)cs2)cc1. The van der Waals surface area contributed by atoms with Crippen molar-refractivity contribution < 1.29 is 17.9 Å². The first kappa shape index (κ1) is 22.7. The second-order valence-electron chi connectivity index (χ2n) is 6.83. The van der Waals surface area contributed by atoms with Gasteiger partial charge >= 0.3 is 0 Å². The van der Waals surface area contributed by atoms with Crippen molar-refractivity contribution in [3.8, 4) is 17.0 Å². The largest absolute Gasteiger partial charge is 0.497 e. The Morgan fingerprint density at radius 3 is 2.48 bits per heavy atom. The molecule has 2 aromatic carbocycles. The van der Waals surface area contributed by atoms with E-state index in [0.717, 1.165) is 29.0 Å². The molecule has 0 atom stereocenters. The van der Waals surface area contributed by atoms with Gasteiger partial charge in [-0.1, -0.05) is 25.5 Å². The van der Waals surface area contributed by atoms with Crippen molar-refractivity contribution in [2.45, 2.75) is 24.7 Å². The first-order valence-corrected chi connectivity index (χ1v) is 12.4. The molecule has 6 nitrogen and oxygen atoms in total. The molecule has 0 fully saturated rings. The smallest absolute Gasteiger partial charge is 0.250 e. The van der Waals surface area contributed by atoms with Crippen molar-refractivity contribution in [1.82, 2.24) is 4.98 Å². The number of anilines is 1. The van der Waals surface area contributed by atoms with Crippen molar-refractivity contribution >= 4 is 38.3 Å². The zero-order valence-corrected chi connectivity index (χ0v) is 19.0. The first-order valence-electron chi connectivity index (χ1n) is 9.83. The molecule has 8 heteroatoms. The monoisotopic (exact) mass is 456 g/mol. The number of ether oxygens (including phenoxy) is 1. The Morgan fingerprint density at radius 1 is 1.13 bits per heavy atom. The van der Waals surface area contributed by atoms with Gasteiger partial charge in [-0.3, -0.25) is 10.1 Å². The Bertz CT molecular complexity index is 1150. The van der Waals surface area contributed by atoms with E-state index in [0.29, 0.717) is 16.4 Å². The number of carbonyl (C=O) groups is 1. The fourth-order valence-corrected chi connectivity index (χ4v) is 4.96. The number of hydrogen-bond donors (Lipinski definition) is 1. The topological polar surface area (TPSA) is 85.4 Å². The van der Waals surface area contributed by atoms with Gasteiger partial charge < -0.3 is 4.74 Å². The van der Waals surface area contributed by atoms with E-state index in [1.165, 1.54) is 17.4 Å². The van der Waals surface area contributed by atoms with Gasteiger partial charge in [0.05, 0.1) is 23.5 Å². The van der Waals surface area contributed by atoms with Crippen LogP contribution in [0.4, 0.5) is 5.13 Å². The lowest BCUT2D eigenvalue weighted by Crippen LogP contribution is -2.07. The van der Waals surface area contributed by atoms with Crippen LogP contribution in [0.1, 0.15) is 25.3 Å². The summed E-state index contributed by atoms with van der Waals surface area (Å²) < 4.78 is 29.6. The van der Waals surface area contributed by atoms with E-state index in [1.807, 2.05) is 36.6 Å². The maximum atomic E-state index is 12.2. The van der Waals surface area contributed by atoms with Crippen LogP contribution in [0.3, 0.4) is 0 Å². The molecule has 0 aliphatic rings. The average Bonchev–Trinajstić information content (AvgIpc) is 3.25. The first-order chi connectivity index (χ1) is 14.9. The number of methoxy groups -OCH3 is 1. The number of hydrogen-bond acceptors (Lipinski definition) is 6. The lowest BCUT2D eigenvalue weighted by Gasteiger charge is -2.04. The molecule has 3 rings (SSSR count). The minimum Gasteiger partial charge on any atom is -0.497 e. The Hall–Kier alpha value is -2.97. The van der Waals surface area contributed by atoms with Gasteiger partial charge in [-0.05, 0) is 54.5 Å². The Morgan fingerprint density at radius 2 is 1.84 bits per heavy atom. The number of benzene rings is 2. The fraction of sp³-hybridized carbons (Fsp3) is 0.217. The number of nitrogens with zero attached hydrogens (tertiary/aromatic N) is 1. The number of rotatable bonds is 9. The second kappa shape index (κ2) is 10.4. The van der Waals surface area contributed by atoms with Crippen LogP contribution in [0.25, 0.3) is 17.3 Å². The number of amides is 1. The molecule has 1 amide bonds. The van der Waals surface area contributed by atoms with Crippen molar-refractivity contribution in [2.75, 3.05) is 18.2 Å². The van der Waals surface area contributed by atoms with Crippen LogP contribution in [0, 0.1) is 0 Å². The Kier molecular flexibility index (Phi) is 7.59.